The molecule has 0 aromatic heterocycles. The first-order valence-electron chi connectivity index (χ1n) is 9.06. The molecule has 1 heterocycles. The fourth-order valence-corrected chi connectivity index (χ4v) is 3.14. The van der Waals surface area contributed by atoms with Crippen LogP contribution in [0.4, 0.5) is 0 Å². The number of nitrogens with one attached hydrogen (secondary N) is 1. The van der Waals surface area contributed by atoms with E-state index in [1.165, 1.54) is 0 Å². The van der Waals surface area contributed by atoms with E-state index in [-0.39, 0.29) is 0 Å². The molecule has 0 radical (unpaired) electrons. The van der Waals surface area contributed by atoms with Gasteiger partial charge in [-0.2, -0.15) is 0 Å². The van der Waals surface area contributed by atoms with E-state index in [1.54, 1.807) is 0 Å². The van der Waals surface area contributed by atoms with Gasteiger partial charge in [-0.1, -0.05) is 0 Å². The van der Waals surface area contributed by atoms with Crippen molar-refractivity contribution in [3.8, 4) is 0 Å². The third-order valence-electron chi connectivity index (χ3n) is 5.21. The lowest BCUT2D eigenvalue weighted by molar-refractivity contribution is -0.182. The lowest BCUT2D eigenvalue weighted by Gasteiger charge is -2.42. The van der Waals surface area contributed by atoms with E-state index >= 15 is 0 Å². The number of carboxylic acids is 3. The van der Waals surface area contributed by atoms with Crippen molar-refractivity contribution in [3.63, 3.8) is 0 Å². The molecular weight excluding hydrogens is 440 g/mol. The number of aliphatic hydroxyl groups excluding tert-OH is 4. The molecule has 1 aliphatic rings. The average molecular weight is 466 g/mol. The fourth-order valence-electron chi connectivity index (χ4n) is 3.14. The molecule has 0 bridgehead atoms. The van der Waals surface area contributed by atoms with Crippen LogP contribution in [0.25, 0.3) is 0 Å². The molecule has 16 nitrogen and oxygen atoms in total. The lowest BCUT2D eigenvalue weighted by Crippen LogP contribution is -2.71. The number of aliphatic carboxylic acids is 3. The number of amides is 1. The van der Waals surface area contributed by atoms with E-state index in [9.17, 15) is 54.9 Å². The molecule has 1 amide bonds. The Balaban J connectivity index is 3.10. The fraction of sp³-hybridized carbons (Fsp3) is 0.688. The highest BCUT2D eigenvalue weighted by Gasteiger charge is 2.60. The van der Waals surface area contributed by atoms with Crippen LogP contribution in [0.15, 0.2) is 4.99 Å². The molecule has 1 saturated heterocycles. The van der Waals surface area contributed by atoms with Crippen molar-refractivity contribution in [1.29, 1.82) is 0 Å². The molecule has 0 aromatic carbocycles. The zero-order valence-electron chi connectivity index (χ0n) is 16.8. The Morgan fingerprint density at radius 2 is 1.66 bits per heavy atom. The first-order chi connectivity index (χ1) is 14.6. The van der Waals surface area contributed by atoms with Gasteiger partial charge < -0.3 is 56.8 Å². The first-order valence-corrected chi connectivity index (χ1v) is 9.06. The Bertz CT molecular complexity index is 791. The maximum atomic E-state index is 12.4. The summed E-state index contributed by atoms with van der Waals surface area (Å²) in [5.74, 6) is -7.78. The lowest BCUT2D eigenvalue weighted by atomic mass is 9.78. The monoisotopic (exact) mass is 466 g/mol. The number of likely N-dealkylation sites (tertiary alicyclic amines) is 1. The van der Waals surface area contributed by atoms with E-state index in [0.717, 1.165) is 4.90 Å². The Kier molecular flexibility index (Phi) is 8.47. The van der Waals surface area contributed by atoms with Crippen LogP contribution in [0.3, 0.4) is 0 Å². The Morgan fingerprint density at radius 1 is 1.09 bits per heavy atom. The molecule has 3 unspecified atom stereocenters. The number of nitrogens with zero attached hydrogens (tertiary/aromatic N) is 2. The van der Waals surface area contributed by atoms with Gasteiger partial charge in [-0.3, -0.25) is 9.59 Å². The number of aliphatic imine (C=N–C) groups is 1. The average Bonchev–Trinajstić information content (AvgIpc) is 2.68. The molecule has 1 fully saturated rings. The van der Waals surface area contributed by atoms with Crippen molar-refractivity contribution in [3.05, 3.63) is 0 Å². The summed E-state index contributed by atoms with van der Waals surface area (Å²) in [4.78, 5) is 50.9. The van der Waals surface area contributed by atoms with E-state index in [0.29, 0.717) is 6.92 Å². The Hall–Kier alpha value is -3.05. The molecule has 0 aliphatic carbocycles. The largest absolute Gasteiger partial charge is 0.481 e. The third kappa shape index (κ3) is 5.22. The van der Waals surface area contributed by atoms with E-state index in [4.69, 9.17) is 10.8 Å². The van der Waals surface area contributed by atoms with Gasteiger partial charge in [-0.25, -0.2) is 14.6 Å². The number of piperidine rings is 1. The molecule has 16 heteroatoms. The zero-order valence-corrected chi connectivity index (χ0v) is 16.8. The van der Waals surface area contributed by atoms with Crippen LogP contribution in [0.5, 0.6) is 0 Å². The maximum Gasteiger partial charge on any atom is 0.339 e. The molecular formula is C16H26N4O12. The second kappa shape index (κ2) is 10.0. The Labute approximate surface area is 180 Å². The minimum Gasteiger partial charge on any atom is -0.481 e. The number of aliphatic hydroxyl groups is 5. The van der Waals surface area contributed by atoms with Crippen LogP contribution in [0, 0.1) is 0 Å². The molecule has 11 N–H and O–H groups in total. The van der Waals surface area contributed by atoms with Crippen LogP contribution < -0.4 is 11.1 Å². The van der Waals surface area contributed by atoms with Crippen molar-refractivity contribution < 1.29 is 60.0 Å². The SMILES string of the molecule is CC(NC(N)=NCC(=O)N1C[C@H](O)[C@@H](O)[C@@H](O)C1CO)(C(=O)O)C(O)(CC(=O)O)C(=O)O. The summed E-state index contributed by atoms with van der Waals surface area (Å²) in [7, 11) is 0. The molecule has 0 spiro atoms. The minimum atomic E-state index is -3.38. The number of carbonyl (C=O) groups is 4. The summed E-state index contributed by atoms with van der Waals surface area (Å²) in [5, 5.41) is 78.4. The van der Waals surface area contributed by atoms with Crippen molar-refractivity contribution >= 4 is 29.8 Å². The molecule has 1 aliphatic heterocycles. The van der Waals surface area contributed by atoms with Crippen LogP contribution in [0.1, 0.15) is 13.3 Å². The van der Waals surface area contributed by atoms with Gasteiger partial charge in [0, 0.05) is 6.54 Å². The highest BCUT2D eigenvalue weighted by molar-refractivity contribution is 5.98. The summed E-state index contributed by atoms with van der Waals surface area (Å²) >= 11 is 0. The molecule has 32 heavy (non-hydrogen) atoms. The Morgan fingerprint density at radius 3 is 2.09 bits per heavy atom. The second-order valence-corrected chi connectivity index (χ2v) is 7.34. The van der Waals surface area contributed by atoms with Crippen LogP contribution >= 0.6 is 0 Å². The predicted molar refractivity (Wildman–Crippen MR) is 101 cm³/mol. The number of hydrogen-bond acceptors (Lipinski definition) is 10. The molecule has 0 aromatic rings. The first kappa shape index (κ1) is 27.0. The van der Waals surface area contributed by atoms with Gasteiger partial charge in [-0.05, 0) is 6.92 Å². The van der Waals surface area contributed by atoms with Crippen LogP contribution in [-0.4, -0.2) is 131 Å². The van der Waals surface area contributed by atoms with Gasteiger partial charge in [0.05, 0.1) is 19.1 Å². The van der Waals surface area contributed by atoms with Gasteiger partial charge in [0.2, 0.25) is 11.5 Å². The summed E-state index contributed by atoms with van der Waals surface area (Å²) in [6, 6.07) is -1.29. The van der Waals surface area contributed by atoms with Gasteiger partial charge in [0.15, 0.2) is 11.5 Å². The topological polar surface area (TPSA) is 284 Å². The molecule has 0 saturated carbocycles. The number of guanidine groups is 1. The number of β-amino-alcohol motifs (C(OH)–C–C–N with tert-alkyl or cyclic N) is 1. The maximum absolute atomic E-state index is 12.4. The standard InChI is InChI=1S/C16H26N4O12/c1-15(12(28)29,16(32,13(30)31)2-9(24)25)19-14(17)18-3-8(23)20-4-7(22)11(27)10(26)6(20)5-21/h6-7,10-11,21-22,26-27,32H,2-5H2,1H3,(H,24,25)(H,28,29)(H,30,31)(H3,17,18,19)/t6?,7-,10-,11+,15?,16?/m0/s1. The van der Waals surface area contributed by atoms with Crippen molar-refractivity contribution in [2.45, 2.75) is 48.8 Å². The number of carbonyl (C=O) groups excluding carboxylic acids is 1. The quantitative estimate of drug-likeness (QED) is 0.112. The van der Waals surface area contributed by atoms with Crippen molar-refractivity contribution in [2.24, 2.45) is 10.7 Å². The zero-order chi connectivity index (χ0) is 25.0. The van der Waals surface area contributed by atoms with Crippen LogP contribution in [-0.2, 0) is 19.2 Å². The second-order valence-electron chi connectivity index (χ2n) is 7.34. The van der Waals surface area contributed by atoms with E-state index in [2.05, 4.69) is 4.99 Å². The van der Waals surface area contributed by atoms with Crippen LogP contribution in [0.2, 0.25) is 0 Å². The van der Waals surface area contributed by atoms with Crippen molar-refractivity contribution in [2.75, 3.05) is 19.7 Å². The minimum absolute atomic E-state index is 0.477. The predicted octanol–water partition coefficient (Wildman–Crippen LogP) is -5.69. The molecule has 1 rings (SSSR count). The summed E-state index contributed by atoms with van der Waals surface area (Å²) in [6.07, 6.45) is -6.35. The number of nitrogens with two attached hydrogens (primary N) is 1. The van der Waals surface area contributed by atoms with Gasteiger partial charge in [0.25, 0.3) is 0 Å². The summed E-state index contributed by atoms with van der Waals surface area (Å²) in [6.45, 7) is -1.44. The summed E-state index contributed by atoms with van der Waals surface area (Å²) < 4.78 is 0. The highest BCUT2D eigenvalue weighted by atomic mass is 16.4. The molecule has 182 valence electrons. The van der Waals surface area contributed by atoms with Crippen molar-refractivity contribution in [1.82, 2.24) is 10.2 Å². The smallest absolute Gasteiger partial charge is 0.339 e. The third-order valence-corrected chi connectivity index (χ3v) is 5.21. The number of hydrogen-bond donors (Lipinski definition) is 10. The van der Waals surface area contributed by atoms with Gasteiger partial charge in [0.1, 0.15) is 24.9 Å². The highest BCUT2D eigenvalue weighted by Crippen LogP contribution is 2.27. The number of rotatable bonds is 9. The van der Waals surface area contributed by atoms with E-state index in [1.807, 2.05) is 5.32 Å². The van der Waals surface area contributed by atoms with Gasteiger partial charge >= 0.3 is 17.9 Å². The normalized spacial score (nSPS) is 27.7. The summed E-state index contributed by atoms with van der Waals surface area (Å²) in [5.41, 5.74) is -0.769. The van der Waals surface area contributed by atoms with Gasteiger partial charge in [-0.15, -0.1) is 0 Å². The van der Waals surface area contributed by atoms with E-state index < -0.39 is 91.4 Å². The number of carboxylic acid groups (broad SMARTS) is 3. The molecule has 6 atom stereocenters.